The molecule has 0 bridgehead atoms. The molecule has 1 aromatic carbocycles. The Bertz CT molecular complexity index is 416. The number of nitrogens with zero attached hydrogens (tertiary/aromatic N) is 3. The average molecular weight is 197 g/mol. The summed E-state index contributed by atoms with van der Waals surface area (Å²) >= 11 is 0. The first-order valence-electron chi connectivity index (χ1n) is 3.32. The van der Waals surface area contributed by atoms with Crippen molar-refractivity contribution in [2.45, 2.75) is 0 Å². The third kappa shape index (κ3) is 1.68. The quantitative estimate of drug-likeness (QED) is 0.416. The van der Waals surface area contributed by atoms with Gasteiger partial charge in [0.25, 0.3) is 11.4 Å². The van der Waals surface area contributed by atoms with Crippen molar-refractivity contribution in [1.82, 2.24) is 0 Å². The highest BCUT2D eigenvalue weighted by atomic mass is 16.6. The molecule has 8 heteroatoms. The van der Waals surface area contributed by atoms with Gasteiger partial charge in [-0.2, -0.15) is 0 Å². The molecule has 0 heterocycles. The fourth-order valence-electron chi connectivity index (χ4n) is 0.853. The van der Waals surface area contributed by atoms with Gasteiger partial charge < -0.3 is 0 Å². The SMILES string of the molecule is O=Nc1cc([N+](=O)[O-])ccc1[N+](=O)[O-]. The Morgan fingerprint density at radius 1 is 1.14 bits per heavy atom. The highest BCUT2D eigenvalue weighted by Crippen LogP contribution is 2.30. The Labute approximate surface area is 76.4 Å². The minimum Gasteiger partial charge on any atom is -0.258 e. The maximum absolute atomic E-state index is 10.3. The molecule has 0 aliphatic carbocycles. The third-order valence-electron chi connectivity index (χ3n) is 1.46. The van der Waals surface area contributed by atoms with E-state index in [4.69, 9.17) is 0 Å². The van der Waals surface area contributed by atoms with E-state index in [1.54, 1.807) is 0 Å². The van der Waals surface area contributed by atoms with Gasteiger partial charge in [-0.1, -0.05) is 0 Å². The smallest absolute Gasteiger partial charge is 0.258 e. The van der Waals surface area contributed by atoms with Crippen molar-refractivity contribution >= 4 is 17.1 Å². The van der Waals surface area contributed by atoms with Crippen LogP contribution in [0.1, 0.15) is 0 Å². The van der Waals surface area contributed by atoms with Crippen LogP contribution in [0.15, 0.2) is 23.4 Å². The second-order valence-corrected chi connectivity index (χ2v) is 2.28. The number of non-ortho nitro benzene ring substituents is 1. The first-order chi connectivity index (χ1) is 6.56. The van der Waals surface area contributed by atoms with Crippen molar-refractivity contribution in [3.05, 3.63) is 43.3 Å². The van der Waals surface area contributed by atoms with Crippen LogP contribution in [0.4, 0.5) is 17.1 Å². The van der Waals surface area contributed by atoms with Crippen LogP contribution in [0.25, 0.3) is 0 Å². The summed E-state index contributed by atoms with van der Waals surface area (Å²) in [5.41, 5.74) is -1.51. The zero-order valence-electron chi connectivity index (χ0n) is 6.61. The molecule has 0 fully saturated rings. The number of nitro groups is 2. The van der Waals surface area contributed by atoms with Gasteiger partial charge in [0, 0.05) is 12.1 Å². The summed E-state index contributed by atoms with van der Waals surface area (Å²) in [6.07, 6.45) is 0. The van der Waals surface area contributed by atoms with Gasteiger partial charge in [-0.25, -0.2) is 0 Å². The largest absolute Gasteiger partial charge is 0.298 e. The number of hydrogen-bond acceptors (Lipinski definition) is 6. The zero-order valence-corrected chi connectivity index (χ0v) is 6.61. The van der Waals surface area contributed by atoms with Crippen LogP contribution in [0.2, 0.25) is 0 Å². The topological polar surface area (TPSA) is 116 Å². The van der Waals surface area contributed by atoms with Crippen molar-refractivity contribution in [3.63, 3.8) is 0 Å². The van der Waals surface area contributed by atoms with E-state index in [0.29, 0.717) is 0 Å². The van der Waals surface area contributed by atoms with Gasteiger partial charge >= 0.3 is 0 Å². The maximum Gasteiger partial charge on any atom is 0.298 e. The Morgan fingerprint density at radius 3 is 2.21 bits per heavy atom. The van der Waals surface area contributed by atoms with E-state index in [2.05, 4.69) is 5.18 Å². The van der Waals surface area contributed by atoms with Gasteiger partial charge in [-0.05, 0) is 5.18 Å². The van der Waals surface area contributed by atoms with Crippen LogP contribution in [0.5, 0.6) is 0 Å². The molecule has 0 unspecified atom stereocenters. The van der Waals surface area contributed by atoms with E-state index in [1.807, 2.05) is 0 Å². The van der Waals surface area contributed by atoms with Crippen molar-refractivity contribution < 1.29 is 9.85 Å². The summed E-state index contributed by atoms with van der Waals surface area (Å²) < 4.78 is 0. The minimum absolute atomic E-state index is 0.412. The van der Waals surface area contributed by atoms with Crippen molar-refractivity contribution in [1.29, 1.82) is 0 Å². The Kier molecular flexibility index (Phi) is 2.47. The highest BCUT2D eigenvalue weighted by molar-refractivity contribution is 5.61. The lowest BCUT2D eigenvalue weighted by atomic mass is 10.2. The number of rotatable bonds is 3. The van der Waals surface area contributed by atoms with Crippen molar-refractivity contribution in [3.8, 4) is 0 Å². The van der Waals surface area contributed by atoms with E-state index in [-0.39, 0.29) is 0 Å². The molecule has 0 atom stereocenters. The van der Waals surface area contributed by atoms with E-state index in [0.717, 1.165) is 18.2 Å². The fourth-order valence-corrected chi connectivity index (χ4v) is 0.853. The van der Waals surface area contributed by atoms with Crippen molar-refractivity contribution in [2.75, 3.05) is 0 Å². The molecular formula is C6H3N3O5. The van der Waals surface area contributed by atoms with Crippen LogP contribution in [-0.4, -0.2) is 9.85 Å². The van der Waals surface area contributed by atoms with Crippen LogP contribution in [0, 0.1) is 25.1 Å². The van der Waals surface area contributed by atoms with Crippen LogP contribution < -0.4 is 0 Å². The zero-order chi connectivity index (χ0) is 10.7. The molecule has 0 radical (unpaired) electrons. The molecule has 0 saturated heterocycles. The maximum atomic E-state index is 10.3. The summed E-state index contributed by atoms with van der Waals surface area (Å²) in [5.74, 6) is 0. The monoisotopic (exact) mass is 197 g/mol. The molecular weight excluding hydrogens is 194 g/mol. The summed E-state index contributed by atoms with van der Waals surface area (Å²) in [7, 11) is 0. The Balaban J connectivity index is 3.32. The lowest BCUT2D eigenvalue weighted by Crippen LogP contribution is -1.91. The van der Waals surface area contributed by atoms with E-state index >= 15 is 0 Å². The van der Waals surface area contributed by atoms with E-state index in [1.165, 1.54) is 0 Å². The third-order valence-corrected chi connectivity index (χ3v) is 1.46. The molecule has 0 N–H and O–H groups in total. The Morgan fingerprint density at radius 2 is 1.79 bits per heavy atom. The van der Waals surface area contributed by atoms with Gasteiger partial charge in [0.1, 0.15) is 0 Å². The first-order valence-corrected chi connectivity index (χ1v) is 3.32. The first kappa shape index (κ1) is 9.71. The summed E-state index contributed by atoms with van der Waals surface area (Å²) in [5, 5.41) is 22.9. The van der Waals surface area contributed by atoms with Gasteiger partial charge in [-0.3, -0.25) is 20.2 Å². The average Bonchev–Trinajstić information content (AvgIpc) is 2.16. The van der Waals surface area contributed by atoms with Gasteiger partial charge in [0.2, 0.25) is 0 Å². The van der Waals surface area contributed by atoms with Gasteiger partial charge in [-0.15, -0.1) is 4.91 Å². The molecule has 0 saturated carbocycles. The Hall–Kier alpha value is -2.38. The van der Waals surface area contributed by atoms with Crippen LogP contribution in [-0.2, 0) is 0 Å². The molecule has 1 rings (SSSR count). The second kappa shape index (κ2) is 3.56. The molecule has 14 heavy (non-hydrogen) atoms. The summed E-state index contributed by atoms with van der Waals surface area (Å²) in [6.45, 7) is 0. The second-order valence-electron chi connectivity index (χ2n) is 2.28. The molecule has 0 spiro atoms. The predicted molar refractivity (Wildman–Crippen MR) is 45.2 cm³/mol. The number of hydrogen-bond donors (Lipinski definition) is 0. The molecule has 0 aliphatic heterocycles. The lowest BCUT2D eigenvalue weighted by molar-refractivity contribution is -0.388. The molecule has 72 valence electrons. The van der Waals surface area contributed by atoms with Gasteiger partial charge in [0.05, 0.1) is 15.9 Å². The number of benzene rings is 1. The molecule has 1 aromatic rings. The van der Waals surface area contributed by atoms with E-state index < -0.39 is 26.9 Å². The summed E-state index contributed by atoms with van der Waals surface area (Å²) in [6, 6.07) is 2.56. The normalized spacial score (nSPS) is 9.43. The molecule has 0 aromatic heterocycles. The predicted octanol–water partition coefficient (Wildman–Crippen LogP) is 1.90. The standard InChI is InChI=1S/C6H3N3O5/c10-7-5-3-4(8(11)12)1-2-6(5)9(13)14/h1-3H. The lowest BCUT2D eigenvalue weighted by Gasteiger charge is -1.93. The summed E-state index contributed by atoms with van der Waals surface area (Å²) in [4.78, 5) is 29.1. The van der Waals surface area contributed by atoms with Gasteiger partial charge in [0.15, 0.2) is 5.69 Å². The minimum atomic E-state index is -0.833. The molecule has 0 amide bonds. The molecule has 0 aliphatic rings. The number of nitro benzene ring substituents is 2. The van der Waals surface area contributed by atoms with E-state index in [9.17, 15) is 25.1 Å². The molecule has 8 nitrogen and oxygen atoms in total. The van der Waals surface area contributed by atoms with Crippen LogP contribution in [0.3, 0.4) is 0 Å². The highest BCUT2D eigenvalue weighted by Gasteiger charge is 2.18. The van der Waals surface area contributed by atoms with Crippen LogP contribution >= 0.6 is 0 Å². The fraction of sp³-hybridized carbons (Fsp3) is 0. The number of nitroso groups, excluding NO2 is 1. The van der Waals surface area contributed by atoms with Crippen molar-refractivity contribution in [2.24, 2.45) is 5.18 Å².